The minimum Gasteiger partial charge on any atom is -0.448 e. The largest absolute Gasteiger partial charge is 0.448 e. The number of nitrogens with zero attached hydrogens (tertiary/aromatic N) is 2. The normalized spacial score (nSPS) is 19.3. The summed E-state index contributed by atoms with van der Waals surface area (Å²) in [4.78, 5) is 27.5. The predicted octanol–water partition coefficient (Wildman–Crippen LogP) is 3.20. The Morgan fingerprint density at radius 3 is 2.26 bits per heavy atom. The second-order valence-corrected chi connectivity index (χ2v) is 6.85. The highest BCUT2D eigenvalue weighted by Crippen LogP contribution is 2.23. The molecular formula is C21H22N2O4. The first-order valence-corrected chi connectivity index (χ1v) is 9.16. The van der Waals surface area contributed by atoms with E-state index in [9.17, 15) is 9.59 Å². The molecule has 1 unspecified atom stereocenters. The van der Waals surface area contributed by atoms with E-state index in [0.717, 1.165) is 17.5 Å². The zero-order valence-corrected chi connectivity index (χ0v) is 15.0. The number of carbonyl (C=O) groups is 2. The Morgan fingerprint density at radius 2 is 1.56 bits per heavy atom. The fourth-order valence-electron chi connectivity index (χ4n) is 3.56. The summed E-state index contributed by atoms with van der Waals surface area (Å²) < 4.78 is 10.3. The summed E-state index contributed by atoms with van der Waals surface area (Å²) >= 11 is 0. The lowest BCUT2D eigenvalue weighted by Gasteiger charge is -2.24. The van der Waals surface area contributed by atoms with E-state index in [1.807, 2.05) is 42.5 Å². The molecule has 0 saturated carbocycles. The number of amides is 2. The third-order valence-electron chi connectivity index (χ3n) is 5.05. The van der Waals surface area contributed by atoms with E-state index in [-0.39, 0.29) is 18.2 Å². The number of carbonyl (C=O) groups excluding carboxylic acids is 2. The van der Waals surface area contributed by atoms with Crippen molar-refractivity contribution in [2.75, 3.05) is 19.8 Å². The topological polar surface area (TPSA) is 59.1 Å². The predicted molar refractivity (Wildman–Crippen MR) is 99.0 cm³/mol. The number of rotatable bonds is 6. The molecule has 0 aromatic heterocycles. The molecule has 0 aliphatic carbocycles. The fourth-order valence-corrected chi connectivity index (χ4v) is 3.56. The molecule has 6 heteroatoms. The molecule has 0 bridgehead atoms. The van der Waals surface area contributed by atoms with Gasteiger partial charge < -0.3 is 14.4 Å². The van der Waals surface area contributed by atoms with Gasteiger partial charge in [-0.05, 0) is 23.1 Å². The van der Waals surface area contributed by atoms with Crippen LogP contribution in [0.1, 0.15) is 16.7 Å². The molecule has 2 amide bonds. The van der Waals surface area contributed by atoms with E-state index in [0.29, 0.717) is 32.8 Å². The molecule has 2 aromatic carbocycles. The summed E-state index contributed by atoms with van der Waals surface area (Å²) in [5.41, 5.74) is 3.22. The van der Waals surface area contributed by atoms with Crippen LogP contribution in [0.5, 0.6) is 0 Å². The van der Waals surface area contributed by atoms with Crippen LogP contribution in [0.25, 0.3) is 0 Å². The second-order valence-electron chi connectivity index (χ2n) is 6.85. The van der Waals surface area contributed by atoms with Crippen molar-refractivity contribution in [3.05, 3.63) is 71.3 Å². The smallest absolute Gasteiger partial charge is 0.410 e. The molecule has 27 heavy (non-hydrogen) atoms. The molecule has 0 spiro atoms. The first-order valence-electron chi connectivity index (χ1n) is 9.16. The van der Waals surface area contributed by atoms with Crippen LogP contribution in [0.15, 0.2) is 54.6 Å². The molecular weight excluding hydrogens is 344 g/mol. The van der Waals surface area contributed by atoms with Gasteiger partial charge in [0.05, 0.1) is 12.6 Å². The van der Waals surface area contributed by atoms with Crippen LogP contribution in [0.3, 0.4) is 0 Å². The molecule has 140 valence electrons. The molecule has 2 fully saturated rings. The van der Waals surface area contributed by atoms with Crippen molar-refractivity contribution in [1.82, 2.24) is 9.80 Å². The van der Waals surface area contributed by atoms with Crippen molar-refractivity contribution >= 4 is 12.2 Å². The van der Waals surface area contributed by atoms with Gasteiger partial charge in [0.1, 0.15) is 13.2 Å². The van der Waals surface area contributed by atoms with Gasteiger partial charge in [-0.1, -0.05) is 54.6 Å². The maximum absolute atomic E-state index is 12.3. The molecule has 1 atom stereocenters. The molecule has 4 rings (SSSR count). The quantitative estimate of drug-likeness (QED) is 0.788. The van der Waals surface area contributed by atoms with E-state index in [1.54, 1.807) is 9.80 Å². The number of cyclic esters (lactones) is 2. The van der Waals surface area contributed by atoms with Gasteiger partial charge in [-0.25, -0.2) is 9.59 Å². The lowest BCUT2D eigenvalue weighted by Crippen LogP contribution is -2.35. The minimum absolute atomic E-state index is 0.00436. The molecule has 0 N–H and O–H groups in total. The number of benzene rings is 2. The van der Waals surface area contributed by atoms with Crippen molar-refractivity contribution in [2.45, 2.75) is 25.6 Å². The van der Waals surface area contributed by atoms with Crippen LogP contribution < -0.4 is 0 Å². The van der Waals surface area contributed by atoms with Crippen molar-refractivity contribution in [3.63, 3.8) is 0 Å². The maximum atomic E-state index is 12.3. The van der Waals surface area contributed by atoms with Gasteiger partial charge in [-0.15, -0.1) is 0 Å². The highest BCUT2D eigenvalue weighted by molar-refractivity contribution is 5.70. The second kappa shape index (κ2) is 7.70. The molecule has 2 aliphatic rings. The monoisotopic (exact) mass is 366 g/mol. The zero-order chi connectivity index (χ0) is 18.6. The van der Waals surface area contributed by atoms with E-state index in [1.165, 1.54) is 5.56 Å². The van der Waals surface area contributed by atoms with Crippen molar-refractivity contribution in [3.8, 4) is 0 Å². The minimum atomic E-state index is -0.286. The summed E-state index contributed by atoms with van der Waals surface area (Å²) in [7, 11) is 0. The Bertz CT molecular complexity index is 824. The highest BCUT2D eigenvalue weighted by atomic mass is 16.6. The average molecular weight is 366 g/mol. The Labute approximate surface area is 158 Å². The lowest BCUT2D eigenvalue weighted by atomic mass is 10.0. The Balaban J connectivity index is 1.50. The molecule has 0 radical (unpaired) electrons. The van der Waals surface area contributed by atoms with Crippen LogP contribution in [-0.2, 0) is 29.0 Å². The summed E-state index contributed by atoms with van der Waals surface area (Å²) in [6.45, 7) is 2.37. The lowest BCUT2D eigenvalue weighted by molar-refractivity contribution is 0.154. The Hall–Kier alpha value is -3.02. The van der Waals surface area contributed by atoms with Gasteiger partial charge in [0.2, 0.25) is 0 Å². The van der Waals surface area contributed by atoms with Gasteiger partial charge in [0, 0.05) is 13.1 Å². The van der Waals surface area contributed by atoms with Gasteiger partial charge in [0.25, 0.3) is 0 Å². The summed E-state index contributed by atoms with van der Waals surface area (Å²) in [6, 6.07) is 18.0. The van der Waals surface area contributed by atoms with Crippen molar-refractivity contribution in [2.24, 2.45) is 0 Å². The Morgan fingerprint density at radius 1 is 0.852 bits per heavy atom. The van der Waals surface area contributed by atoms with Gasteiger partial charge >= 0.3 is 12.2 Å². The van der Waals surface area contributed by atoms with E-state index >= 15 is 0 Å². The molecule has 2 aliphatic heterocycles. The fraction of sp³-hybridized carbons (Fsp3) is 0.333. The molecule has 2 aromatic rings. The van der Waals surface area contributed by atoms with E-state index < -0.39 is 0 Å². The van der Waals surface area contributed by atoms with Crippen LogP contribution in [-0.4, -0.2) is 47.8 Å². The number of ether oxygens (including phenoxy) is 2. The molecule has 2 heterocycles. The van der Waals surface area contributed by atoms with Gasteiger partial charge in [0.15, 0.2) is 0 Å². The molecule has 2 saturated heterocycles. The van der Waals surface area contributed by atoms with Crippen molar-refractivity contribution < 1.29 is 19.1 Å². The Kier molecular flexibility index (Phi) is 4.96. The van der Waals surface area contributed by atoms with Gasteiger partial charge in [-0.3, -0.25) is 4.90 Å². The van der Waals surface area contributed by atoms with Crippen LogP contribution in [0.2, 0.25) is 0 Å². The van der Waals surface area contributed by atoms with Crippen molar-refractivity contribution in [1.29, 1.82) is 0 Å². The standard InChI is InChI=1S/C21H22N2O4/c24-20-22(10-11-26-20)13-17-8-4-5-9-18(17)14-23-19(15-27-21(23)25)12-16-6-2-1-3-7-16/h1-9,19H,10-15H2. The summed E-state index contributed by atoms with van der Waals surface area (Å²) in [5, 5.41) is 0. The summed E-state index contributed by atoms with van der Waals surface area (Å²) in [5.74, 6) is 0. The first-order chi connectivity index (χ1) is 13.2. The SMILES string of the molecule is O=C1OCCN1Cc1ccccc1CN1C(=O)OCC1Cc1ccccc1. The molecule has 6 nitrogen and oxygen atoms in total. The number of hydrogen-bond acceptors (Lipinski definition) is 4. The first kappa shape index (κ1) is 17.4. The number of hydrogen-bond donors (Lipinski definition) is 0. The van der Waals surface area contributed by atoms with Gasteiger partial charge in [-0.2, -0.15) is 0 Å². The summed E-state index contributed by atoms with van der Waals surface area (Å²) in [6.07, 6.45) is 0.186. The van der Waals surface area contributed by atoms with Crippen LogP contribution >= 0.6 is 0 Å². The van der Waals surface area contributed by atoms with Crippen LogP contribution in [0.4, 0.5) is 9.59 Å². The van der Waals surface area contributed by atoms with E-state index in [4.69, 9.17) is 9.47 Å². The highest BCUT2D eigenvalue weighted by Gasteiger charge is 2.33. The van der Waals surface area contributed by atoms with E-state index in [2.05, 4.69) is 12.1 Å². The zero-order valence-electron chi connectivity index (χ0n) is 15.0. The maximum Gasteiger partial charge on any atom is 0.410 e. The van der Waals surface area contributed by atoms with Crippen LogP contribution in [0, 0.1) is 0 Å². The average Bonchev–Trinajstić information content (AvgIpc) is 3.24. The third-order valence-corrected chi connectivity index (χ3v) is 5.05. The third kappa shape index (κ3) is 3.89.